The predicted octanol–water partition coefficient (Wildman–Crippen LogP) is 2.57. The first-order chi connectivity index (χ1) is 12.8. The fraction of sp³-hybridized carbons (Fsp3) is 0.762. The number of aromatic nitrogens is 2. The van der Waals surface area contributed by atoms with Gasteiger partial charge in [0.05, 0.1) is 0 Å². The molecule has 3 heterocycles. The summed E-state index contributed by atoms with van der Waals surface area (Å²) in [7, 11) is 0. The Labute approximate surface area is 163 Å². The number of carbonyl (C=O) groups excluding carboxylic acids is 1. The third-order valence-corrected chi connectivity index (χ3v) is 6.12. The Bertz CT molecular complexity index is 602. The molecule has 2 aliphatic rings. The van der Waals surface area contributed by atoms with Gasteiger partial charge in [-0.2, -0.15) is 0 Å². The molecule has 3 rings (SSSR count). The van der Waals surface area contributed by atoms with Crippen molar-refractivity contribution in [3.05, 3.63) is 18.5 Å². The highest BCUT2D eigenvalue weighted by Crippen LogP contribution is 2.27. The van der Waals surface area contributed by atoms with Gasteiger partial charge in [-0.3, -0.25) is 9.69 Å². The summed E-state index contributed by atoms with van der Waals surface area (Å²) in [5.41, 5.74) is -0.00280. The van der Waals surface area contributed by atoms with Crippen molar-refractivity contribution in [2.75, 3.05) is 37.6 Å². The quantitative estimate of drug-likeness (QED) is 0.859. The Kier molecular flexibility index (Phi) is 6.35. The highest BCUT2D eigenvalue weighted by molar-refractivity contribution is 5.79. The molecule has 2 fully saturated rings. The average Bonchev–Trinajstić information content (AvgIpc) is 2.66. The average molecular weight is 374 g/mol. The first kappa shape index (κ1) is 20.1. The molecule has 0 aromatic carbocycles. The number of likely N-dealkylation sites (tertiary alicyclic amines) is 1. The summed E-state index contributed by atoms with van der Waals surface area (Å²) in [5, 5.41) is 3.24. The van der Waals surface area contributed by atoms with Crippen molar-refractivity contribution >= 4 is 11.9 Å². The lowest BCUT2D eigenvalue weighted by Gasteiger charge is -2.45. The summed E-state index contributed by atoms with van der Waals surface area (Å²) >= 11 is 0. The molecule has 1 N–H and O–H groups in total. The van der Waals surface area contributed by atoms with Crippen molar-refractivity contribution in [1.82, 2.24) is 20.2 Å². The molecule has 27 heavy (non-hydrogen) atoms. The molecule has 2 saturated heterocycles. The molecule has 6 nitrogen and oxygen atoms in total. The smallest absolute Gasteiger partial charge is 0.225 e. The summed E-state index contributed by atoms with van der Waals surface area (Å²) in [6.45, 7) is 13.8. The van der Waals surface area contributed by atoms with Gasteiger partial charge in [0.1, 0.15) is 0 Å². The van der Waals surface area contributed by atoms with E-state index < -0.39 is 0 Å². The zero-order valence-electron chi connectivity index (χ0n) is 17.3. The first-order valence-electron chi connectivity index (χ1n) is 10.4. The summed E-state index contributed by atoms with van der Waals surface area (Å²) in [6, 6.07) is 1.83. The molecular weight excluding hydrogens is 338 g/mol. The Hall–Kier alpha value is -1.69. The van der Waals surface area contributed by atoms with Crippen LogP contribution in [0.15, 0.2) is 18.5 Å². The van der Waals surface area contributed by atoms with Crippen LogP contribution >= 0.6 is 0 Å². The van der Waals surface area contributed by atoms with Gasteiger partial charge >= 0.3 is 0 Å². The maximum absolute atomic E-state index is 12.7. The molecule has 1 aromatic heterocycles. The van der Waals surface area contributed by atoms with E-state index in [4.69, 9.17) is 0 Å². The van der Waals surface area contributed by atoms with Crippen molar-refractivity contribution < 1.29 is 4.79 Å². The highest BCUT2D eigenvalue weighted by atomic mass is 16.1. The first-order valence-corrected chi connectivity index (χ1v) is 10.4. The molecule has 0 saturated carbocycles. The Morgan fingerprint density at radius 3 is 2.33 bits per heavy atom. The summed E-state index contributed by atoms with van der Waals surface area (Å²) in [6.07, 6.45) is 6.57. The number of nitrogens with one attached hydrogen (secondary N) is 1. The molecule has 1 aromatic rings. The molecule has 150 valence electrons. The van der Waals surface area contributed by atoms with Crippen LogP contribution in [0.25, 0.3) is 0 Å². The second-order valence-corrected chi connectivity index (χ2v) is 9.19. The molecule has 6 heteroatoms. The minimum absolute atomic E-state index is 0.00280. The van der Waals surface area contributed by atoms with Crippen LogP contribution < -0.4 is 10.2 Å². The number of rotatable bonds is 5. The number of piperidine rings is 2. The monoisotopic (exact) mass is 373 g/mol. The van der Waals surface area contributed by atoms with E-state index in [9.17, 15) is 4.79 Å². The van der Waals surface area contributed by atoms with Gasteiger partial charge in [0.25, 0.3) is 0 Å². The van der Waals surface area contributed by atoms with Gasteiger partial charge in [0, 0.05) is 56.6 Å². The van der Waals surface area contributed by atoms with Crippen LogP contribution in [-0.2, 0) is 4.79 Å². The van der Waals surface area contributed by atoms with Crippen LogP contribution in [0.1, 0.15) is 47.0 Å². The normalized spacial score (nSPS) is 25.4. The third-order valence-electron chi connectivity index (χ3n) is 6.12. The van der Waals surface area contributed by atoms with E-state index in [0.29, 0.717) is 6.54 Å². The molecule has 2 unspecified atom stereocenters. The largest absolute Gasteiger partial charge is 0.354 e. The lowest BCUT2D eigenvalue weighted by molar-refractivity contribution is -0.126. The Morgan fingerprint density at radius 2 is 1.74 bits per heavy atom. The van der Waals surface area contributed by atoms with Gasteiger partial charge in [-0.25, -0.2) is 9.97 Å². The minimum atomic E-state index is -0.00280. The van der Waals surface area contributed by atoms with Crippen LogP contribution in [0, 0.1) is 17.8 Å². The van der Waals surface area contributed by atoms with E-state index in [2.05, 4.69) is 52.8 Å². The van der Waals surface area contributed by atoms with Gasteiger partial charge in [0.15, 0.2) is 0 Å². The molecule has 2 atom stereocenters. The Balaban J connectivity index is 1.47. The van der Waals surface area contributed by atoms with E-state index in [-0.39, 0.29) is 17.4 Å². The molecule has 0 radical (unpaired) electrons. The van der Waals surface area contributed by atoms with Crippen molar-refractivity contribution in [3.63, 3.8) is 0 Å². The van der Waals surface area contributed by atoms with Crippen LogP contribution in [0.4, 0.5) is 5.95 Å². The lowest BCUT2D eigenvalue weighted by atomic mass is 9.87. The van der Waals surface area contributed by atoms with E-state index >= 15 is 0 Å². The maximum Gasteiger partial charge on any atom is 0.225 e. The van der Waals surface area contributed by atoms with Gasteiger partial charge in [-0.15, -0.1) is 0 Å². The molecule has 2 aliphatic heterocycles. The second-order valence-electron chi connectivity index (χ2n) is 9.19. The number of amides is 1. The number of carbonyl (C=O) groups is 1. The number of hydrogen-bond donors (Lipinski definition) is 1. The van der Waals surface area contributed by atoms with Crippen LogP contribution in [0.3, 0.4) is 0 Å². The molecular formula is C21H35N5O. The van der Waals surface area contributed by atoms with E-state index in [1.807, 2.05) is 6.07 Å². The van der Waals surface area contributed by atoms with Crippen molar-refractivity contribution in [2.45, 2.75) is 52.5 Å². The molecule has 0 aliphatic carbocycles. The maximum atomic E-state index is 12.7. The standard InChI is InChI=1S/C21H35N5O/c1-16-12-17(2)14-26(13-16)21(3,4)15-24-19(27)18-6-10-25(11-7-18)20-22-8-5-9-23-20/h5,8-9,16-18H,6-7,10-15H2,1-4H3,(H,24,27). The molecule has 0 bridgehead atoms. The summed E-state index contributed by atoms with van der Waals surface area (Å²) in [5.74, 6) is 2.53. The molecule has 0 spiro atoms. The fourth-order valence-corrected chi connectivity index (χ4v) is 4.51. The highest BCUT2D eigenvalue weighted by Gasteiger charge is 2.34. The Morgan fingerprint density at radius 1 is 1.15 bits per heavy atom. The topological polar surface area (TPSA) is 61.4 Å². The zero-order chi connectivity index (χ0) is 19.4. The zero-order valence-corrected chi connectivity index (χ0v) is 17.3. The van der Waals surface area contributed by atoms with Crippen molar-refractivity contribution in [1.29, 1.82) is 0 Å². The van der Waals surface area contributed by atoms with Gasteiger partial charge < -0.3 is 10.2 Å². The lowest BCUT2D eigenvalue weighted by Crippen LogP contribution is -2.56. The van der Waals surface area contributed by atoms with E-state index in [1.54, 1.807) is 12.4 Å². The van der Waals surface area contributed by atoms with Crippen LogP contribution in [-0.4, -0.2) is 59.0 Å². The van der Waals surface area contributed by atoms with Gasteiger partial charge in [-0.05, 0) is 51.0 Å². The van der Waals surface area contributed by atoms with Gasteiger partial charge in [0.2, 0.25) is 11.9 Å². The summed E-state index contributed by atoms with van der Waals surface area (Å²) in [4.78, 5) is 26.1. The minimum Gasteiger partial charge on any atom is -0.354 e. The molecule has 1 amide bonds. The van der Waals surface area contributed by atoms with E-state index in [1.165, 1.54) is 6.42 Å². The van der Waals surface area contributed by atoms with Crippen LogP contribution in [0.2, 0.25) is 0 Å². The van der Waals surface area contributed by atoms with Gasteiger partial charge in [-0.1, -0.05) is 13.8 Å². The fourth-order valence-electron chi connectivity index (χ4n) is 4.51. The predicted molar refractivity (Wildman–Crippen MR) is 109 cm³/mol. The van der Waals surface area contributed by atoms with Crippen molar-refractivity contribution in [3.8, 4) is 0 Å². The van der Waals surface area contributed by atoms with E-state index in [0.717, 1.165) is 56.8 Å². The number of hydrogen-bond acceptors (Lipinski definition) is 5. The van der Waals surface area contributed by atoms with Crippen LogP contribution in [0.5, 0.6) is 0 Å². The number of nitrogens with zero attached hydrogens (tertiary/aromatic N) is 4. The summed E-state index contributed by atoms with van der Waals surface area (Å²) < 4.78 is 0. The second kappa shape index (κ2) is 8.55. The third kappa shape index (κ3) is 5.18. The number of anilines is 1. The SMILES string of the molecule is CC1CC(C)CN(C(C)(C)CNC(=O)C2CCN(c3ncccn3)CC2)C1. The van der Waals surface area contributed by atoms with Crippen molar-refractivity contribution in [2.24, 2.45) is 17.8 Å².